The van der Waals surface area contributed by atoms with E-state index in [-0.39, 0.29) is 22.1 Å². The number of nitrogens with one attached hydrogen (secondary N) is 2. The highest BCUT2D eigenvalue weighted by molar-refractivity contribution is 8.02. The molecular weight excluding hydrogens is 454 g/mol. The molecule has 1 atom stereocenters. The van der Waals surface area contributed by atoms with Crippen LogP contribution in [0.3, 0.4) is 0 Å². The molecule has 0 aliphatic carbocycles. The third-order valence-electron chi connectivity index (χ3n) is 4.12. The van der Waals surface area contributed by atoms with Crippen molar-refractivity contribution in [2.45, 2.75) is 48.2 Å². The number of benzene rings is 2. The molecule has 0 aliphatic heterocycles. The quantitative estimate of drug-likeness (QED) is 0.439. The molecular formula is C21H25N3O4S3. The summed E-state index contributed by atoms with van der Waals surface area (Å²) in [5.74, 6) is 0.616. The number of rotatable bonds is 9. The van der Waals surface area contributed by atoms with E-state index >= 15 is 0 Å². The first kappa shape index (κ1) is 23.5. The Morgan fingerprint density at radius 1 is 1.16 bits per heavy atom. The molecule has 3 aromatic rings. The average molecular weight is 480 g/mol. The lowest BCUT2D eigenvalue weighted by atomic mass is 10.3. The number of fused-ring (bicyclic) bond motifs is 1. The second-order valence-electron chi connectivity index (χ2n) is 7.09. The highest BCUT2D eigenvalue weighted by Gasteiger charge is 2.19. The van der Waals surface area contributed by atoms with Crippen molar-refractivity contribution < 1.29 is 17.9 Å². The van der Waals surface area contributed by atoms with Gasteiger partial charge in [-0.25, -0.2) is 18.1 Å². The van der Waals surface area contributed by atoms with Crippen LogP contribution < -0.4 is 14.8 Å². The number of thioether (sulfide) groups is 1. The number of thiazole rings is 1. The largest absolute Gasteiger partial charge is 0.494 e. The Kier molecular flexibility index (Phi) is 7.58. The minimum Gasteiger partial charge on any atom is -0.494 e. The Labute approximate surface area is 190 Å². The minimum atomic E-state index is -3.56. The molecule has 1 amide bonds. The van der Waals surface area contributed by atoms with Gasteiger partial charge in [-0.05, 0) is 70.2 Å². The van der Waals surface area contributed by atoms with Crippen molar-refractivity contribution in [2.24, 2.45) is 0 Å². The second-order valence-corrected chi connectivity index (χ2v) is 11.4. The molecule has 0 saturated carbocycles. The number of ether oxygens (including phenoxy) is 1. The Balaban J connectivity index is 1.63. The predicted molar refractivity (Wildman–Crippen MR) is 127 cm³/mol. The molecule has 0 aliphatic rings. The first-order valence-electron chi connectivity index (χ1n) is 9.81. The SMILES string of the molecule is CCOc1ccc2nc(S[C@@H](C)C(=O)Nc3ccc(S(=O)(=O)NC(C)C)cc3)sc2c1. The molecule has 0 unspecified atom stereocenters. The molecule has 1 heterocycles. The van der Waals surface area contributed by atoms with E-state index in [1.54, 1.807) is 26.0 Å². The van der Waals surface area contributed by atoms with E-state index in [9.17, 15) is 13.2 Å². The van der Waals surface area contributed by atoms with Gasteiger partial charge in [0, 0.05) is 11.7 Å². The van der Waals surface area contributed by atoms with Crippen LogP contribution in [-0.4, -0.2) is 37.2 Å². The van der Waals surface area contributed by atoms with E-state index in [2.05, 4.69) is 15.0 Å². The predicted octanol–water partition coefficient (Wildman–Crippen LogP) is 4.50. The summed E-state index contributed by atoms with van der Waals surface area (Å²) in [5, 5.41) is 2.45. The summed E-state index contributed by atoms with van der Waals surface area (Å²) in [6.07, 6.45) is 0. The second kappa shape index (κ2) is 9.99. The third kappa shape index (κ3) is 6.19. The van der Waals surface area contributed by atoms with Crippen molar-refractivity contribution in [1.82, 2.24) is 9.71 Å². The van der Waals surface area contributed by atoms with Crippen LogP contribution >= 0.6 is 23.1 Å². The minimum absolute atomic E-state index is 0.155. The van der Waals surface area contributed by atoms with Crippen LogP contribution in [0.15, 0.2) is 51.7 Å². The lowest BCUT2D eigenvalue weighted by molar-refractivity contribution is -0.115. The normalized spacial score (nSPS) is 12.8. The fourth-order valence-electron chi connectivity index (χ4n) is 2.74. The van der Waals surface area contributed by atoms with Gasteiger partial charge in [-0.3, -0.25) is 4.79 Å². The number of aromatic nitrogens is 1. The summed E-state index contributed by atoms with van der Waals surface area (Å²) in [6.45, 7) is 7.86. The number of hydrogen-bond acceptors (Lipinski definition) is 7. The van der Waals surface area contributed by atoms with Gasteiger partial charge in [0.1, 0.15) is 5.75 Å². The highest BCUT2D eigenvalue weighted by Crippen LogP contribution is 2.34. The molecule has 7 nitrogen and oxygen atoms in total. The van der Waals surface area contributed by atoms with Crippen LogP contribution in [0.5, 0.6) is 5.75 Å². The summed E-state index contributed by atoms with van der Waals surface area (Å²) in [5.41, 5.74) is 1.40. The van der Waals surface area contributed by atoms with Gasteiger partial charge in [0.2, 0.25) is 15.9 Å². The van der Waals surface area contributed by atoms with Crippen LogP contribution in [0.2, 0.25) is 0 Å². The number of carbonyl (C=O) groups excluding carboxylic acids is 1. The van der Waals surface area contributed by atoms with E-state index in [0.717, 1.165) is 20.3 Å². The maximum absolute atomic E-state index is 12.6. The number of anilines is 1. The van der Waals surface area contributed by atoms with Crippen molar-refractivity contribution in [3.63, 3.8) is 0 Å². The molecule has 0 bridgehead atoms. The summed E-state index contributed by atoms with van der Waals surface area (Å²) in [6, 6.07) is 11.7. The van der Waals surface area contributed by atoms with E-state index < -0.39 is 10.0 Å². The monoisotopic (exact) mass is 479 g/mol. The van der Waals surface area contributed by atoms with Crippen molar-refractivity contribution in [2.75, 3.05) is 11.9 Å². The van der Waals surface area contributed by atoms with E-state index in [4.69, 9.17) is 4.74 Å². The molecule has 10 heteroatoms. The Morgan fingerprint density at radius 3 is 2.52 bits per heavy atom. The van der Waals surface area contributed by atoms with Crippen LogP contribution in [0.1, 0.15) is 27.7 Å². The summed E-state index contributed by atoms with van der Waals surface area (Å²) < 4.78 is 34.3. The average Bonchev–Trinajstić information content (AvgIpc) is 3.09. The lowest BCUT2D eigenvalue weighted by Crippen LogP contribution is -2.30. The number of sulfonamides is 1. The Bertz CT molecular complexity index is 1160. The maximum atomic E-state index is 12.6. The van der Waals surface area contributed by atoms with Crippen LogP contribution in [0.25, 0.3) is 10.2 Å². The zero-order valence-corrected chi connectivity index (χ0v) is 20.2. The van der Waals surface area contributed by atoms with Gasteiger partial charge in [0.15, 0.2) is 4.34 Å². The fourth-order valence-corrected chi connectivity index (χ4v) is 6.23. The van der Waals surface area contributed by atoms with Gasteiger partial charge in [-0.2, -0.15) is 0 Å². The topological polar surface area (TPSA) is 97.4 Å². The maximum Gasteiger partial charge on any atom is 0.240 e. The molecule has 2 N–H and O–H groups in total. The van der Waals surface area contributed by atoms with Gasteiger partial charge in [0.05, 0.1) is 27.0 Å². The highest BCUT2D eigenvalue weighted by atomic mass is 32.2. The van der Waals surface area contributed by atoms with Crippen LogP contribution in [-0.2, 0) is 14.8 Å². The summed E-state index contributed by atoms with van der Waals surface area (Å²) in [4.78, 5) is 17.3. The Morgan fingerprint density at radius 2 is 1.87 bits per heavy atom. The molecule has 0 radical (unpaired) electrons. The fraction of sp³-hybridized carbons (Fsp3) is 0.333. The standard InChI is InChI=1S/C21H25N3O4S3/c1-5-28-16-8-11-18-19(12-16)30-21(23-18)29-14(4)20(25)22-15-6-9-17(10-7-15)31(26,27)24-13(2)3/h6-14,24H,5H2,1-4H3,(H,22,25)/t14-/m0/s1. The number of nitrogens with zero attached hydrogens (tertiary/aromatic N) is 1. The first-order valence-corrected chi connectivity index (χ1v) is 13.0. The molecule has 0 spiro atoms. The van der Waals surface area contributed by atoms with Gasteiger partial charge in [0.25, 0.3) is 0 Å². The zero-order chi connectivity index (χ0) is 22.6. The van der Waals surface area contributed by atoms with Gasteiger partial charge >= 0.3 is 0 Å². The van der Waals surface area contributed by atoms with E-state index in [0.29, 0.717) is 12.3 Å². The lowest BCUT2D eigenvalue weighted by Gasteiger charge is -2.12. The molecule has 0 saturated heterocycles. The van der Waals surface area contributed by atoms with E-state index in [1.165, 1.54) is 35.2 Å². The zero-order valence-electron chi connectivity index (χ0n) is 17.7. The van der Waals surface area contributed by atoms with Crippen molar-refractivity contribution in [1.29, 1.82) is 0 Å². The molecule has 0 fully saturated rings. The third-order valence-corrected chi connectivity index (χ3v) is 8.01. The van der Waals surface area contributed by atoms with Crippen molar-refractivity contribution >= 4 is 54.9 Å². The molecule has 31 heavy (non-hydrogen) atoms. The number of carbonyl (C=O) groups is 1. The number of hydrogen-bond donors (Lipinski definition) is 2. The molecule has 3 rings (SSSR count). The molecule has 1 aromatic heterocycles. The molecule has 166 valence electrons. The summed E-state index contributed by atoms with van der Waals surface area (Å²) in [7, 11) is -3.56. The number of amides is 1. The smallest absolute Gasteiger partial charge is 0.240 e. The van der Waals surface area contributed by atoms with Crippen LogP contribution in [0.4, 0.5) is 5.69 Å². The van der Waals surface area contributed by atoms with Gasteiger partial charge in [-0.1, -0.05) is 11.8 Å². The van der Waals surface area contributed by atoms with Crippen molar-refractivity contribution in [3.05, 3.63) is 42.5 Å². The van der Waals surface area contributed by atoms with Crippen LogP contribution in [0, 0.1) is 0 Å². The van der Waals surface area contributed by atoms with E-state index in [1.807, 2.05) is 32.0 Å². The first-order chi connectivity index (χ1) is 14.7. The van der Waals surface area contributed by atoms with Gasteiger partial charge < -0.3 is 10.1 Å². The van der Waals surface area contributed by atoms with Gasteiger partial charge in [-0.15, -0.1) is 11.3 Å². The van der Waals surface area contributed by atoms with Crippen molar-refractivity contribution in [3.8, 4) is 5.75 Å². The summed E-state index contributed by atoms with van der Waals surface area (Å²) >= 11 is 2.90. The molecule has 2 aromatic carbocycles. The Hall–Kier alpha value is -2.14.